The number of aliphatic hydroxyl groups is 1. The molecule has 1 saturated heterocycles. The van der Waals surface area contributed by atoms with Gasteiger partial charge in [0.15, 0.2) is 0 Å². The van der Waals surface area contributed by atoms with Crippen LogP contribution in [-0.2, 0) is 11.2 Å². The van der Waals surface area contributed by atoms with Crippen LogP contribution in [0.3, 0.4) is 0 Å². The fraction of sp³-hybridized carbons (Fsp3) is 0.692. The lowest BCUT2D eigenvalue weighted by atomic mass is 10.00. The van der Waals surface area contributed by atoms with Crippen molar-refractivity contribution < 1.29 is 9.84 Å². The van der Waals surface area contributed by atoms with Gasteiger partial charge in [0.1, 0.15) is 0 Å². The van der Waals surface area contributed by atoms with E-state index in [0.29, 0.717) is 6.10 Å². The number of rotatable bonds is 5. The molecule has 16 heavy (non-hydrogen) atoms. The second-order valence-corrected chi connectivity index (χ2v) is 5.33. The van der Waals surface area contributed by atoms with Crippen LogP contribution in [0.5, 0.6) is 0 Å². The van der Waals surface area contributed by atoms with Gasteiger partial charge in [-0.15, -0.1) is 0 Å². The number of aliphatic hydroxyl groups excluding tert-OH is 1. The van der Waals surface area contributed by atoms with E-state index in [1.165, 1.54) is 18.4 Å². The fourth-order valence-corrected chi connectivity index (χ4v) is 2.89. The summed E-state index contributed by atoms with van der Waals surface area (Å²) in [4.78, 5) is 0. The zero-order valence-corrected chi connectivity index (χ0v) is 10.4. The summed E-state index contributed by atoms with van der Waals surface area (Å²) in [6.07, 6.45) is 6.30. The lowest BCUT2D eigenvalue weighted by Gasteiger charge is -2.24. The third-order valence-electron chi connectivity index (χ3n) is 3.16. The Morgan fingerprint density at radius 3 is 3.12 bits per heavy atom. The molecule has 0 aromatic carbocycles. The van der Waals surface area contributed by atoms with Gasteiger partial charge < -0.3 is 9.84 Å². The molecule has 2 unspecified atom stereocenters. The van der Waals surface area contributed by atoms with Gasteiger partial charge in [-0.3, -0.25) is 0 Å². The quantitative estimate of drug-likeness (QED) is 0.857. The molecule has 0 radical (unpaired) electrons. The number of hydrogen-bond donors (Lipinski definition) is 1. The van der Waals surface area contributed by atoms with E-state index >= 15 is 0 Å². The molecule has 3 heteroatoms. The minimum Gasteiger partial charge on any atom is -0.393 e. The smallest absolute Gasteiger partial charge is 0.0599 e. The number of ether oxygens (including phenoxy) is 1. The van der Waals surface area contributed by atoms with Crippen molar-refractivity contribution in [1.29, 1.82) is 0 Å². The van der Waals surface area contributed by atoms with Gasteiger partial charge in [0.25, 0.3) is 0 Å². The van der Waals surface area contributed by atoms with Gasteiger partial charge in [0, 0.05) is 6.61 Å². The SMILES string of the molecule is OC(CCc1ccsc1)CC1CCCCO1. The summed E-state index contributed by atoms with van der Waals surface area (Å²) in [5.41, 5.74) is 1.34. The van der Waals surface area contributed by atoms with E-state index in [4.69, 9.17) is 4.74 Å². The predicted molar refractivity (Wildman–Crippen MR) is 66.9 cm³/mol. The van der Waals surface area contributed by atoms with Crippen LogP contribution in [0.15, 0.2) is 16.8 Å². The molecule has 1 aliphatic heterocycles. The van der Waals surface area contributed by atoms with Crippen LogP contribution in [0.2, 0.25) is 0 Å². The normalized spacial score (nSPS) is 23.2. The third-order valence-corrected chi connectivity index (χ3v) is 3.89. The molecule has 1 aromatic heterocycles. The van der Waals surface area contributed by atoms with Crippen LogP contribution >= 0.6 is 11.3 Å². The molecule has 90 valence electrons. The molecule has 2 heterocycles. The Balaban J connectivity index is 1.65. The highest BCUT2D eigenvalue weighted by atomic mass is 32.1. The van der Waals surface area contributed by atoms with E-state index in [9.17, 15) is 5.11 Å². The van der Waals surface area contributed by atoms with E-state index in [2.05, 4.69) is 16.8 Å². The summed E-state index contributed by atoms with van der Waals surface area (Å²) in [6.45, 7) is 0.877. The highest BCUT2D eigenvalue weighted by Gasteiger charge is 2.17. The van der Waals surface area contributed by atoms with Gasteiger partial charge in [0.2, 0.25) is 0 Å². The first kappa shape index (κ1) is 12.1. The van der Waals surface area contributed by atoms with Gasteiger partial charge in [-0.2, -0.15) is 11.3 Å². The zero-order valence-electron chi connectivity index (χ0n) is 9.60. The summed E-state index contributed by atoms with van der Waals surface area (Å²) in [5, 5.41) is 14.2. The molecule has 1 N–H and O–H groups in total. The van der Waals surface area contributed by atoms with Crippen LogP contribution in [0.1, 0.15) is 37.7 Å². The van der Waals surface area contributed by atoms with Crippen LogP contribution in [-0.4, -0.2) is 23.9 Å². The Morgan fingerprint density at radius 1 is 1.50 bits per heavy atom. The minimum absolute atomic E-state index is 0.206. The van der Waals surface area contributed by atoms with Gasteiger partial charge in [0.05, 0.1) is 12.2 Å². The van der Waals surface area contributed by atoms with Crippen molar-refractivity contribution in [1.82, 2.24) is 0 Å². The molecule has 0 aliphatic carbocycles. The van der Waals surface area contributed by atoms with E-state index < -0.39 is 0 Å². The van der Waals surface area contributed by atoms with Crippen molar-refractivity contribution in [2.45, 2.75) is 50.7 Å². The molecule has 2 rings (SSSR count). The molecular formula is C13H20O2S. The molecule has 2 nitrogen and oxygen atoms in total. The molecule has 0 amide bonds. The van der Waals surface area contributed by atoms with Gasteiger partial charge in [-0.25, -0.2) is 0 Å². The van der Waals surface area contributed by atoms with Crippen LogP contribution in [0.4, 0.5) is 0 Å². The van der Waals surface area contributed by atoms with Gasteiger partial charge >= 0.3 is 0 Å². The van der Waals surface area contributed by atoms with Crippen LogP contribution in [0.25, 0.3) is 0 Å². The summed E-state index contributed by atoms with van der Waals surface area (Å²) in [5.74, 6) is 0. The molecule has 0 bridgehead atoms. The monoisotopic (exact) mass is 240 g/mol. The second kappa shape index (κ2) is 6.38. The maximum absolute atomic E-state index is 9.92. The van der Waals surface area contributed by atoms with Gasteiger partial charge in [-0.1, -0.05) is 0 Å². The van der Waals surface area contributed by atoms with Crippen LogP contribution < -0.4 is 0 Å². The predicted octanol–water partition coefficient (Wildman–Crippen LogP) is 3.00. The Bertz CT molecular complexity index is 278. The van der Waals surface area contributed by atoms with Crippen molar-refractivity contribution in [3.05, 3.63) is 22.4 Å². The Hall–Kier alpha value is -0.380. The maximum Gasteiger partial charge on any atom is 0.0599 e. The average molecular weight is 240 g/mol. The summed E-state index contributed by atoms with van der Waals surface area (Å²) >= 11 is 1.72. The first-order chi connectivity index (χ1) is 7.84. The number of hydrogen-bond acceptors (Lipinski definition) is 3. The molecule has 1 fully saturated rings. The average Bonchev–Trinajstić information content (AvgIpc) is 2.81. The topological polar surface area (TPSA) is 29.5 Å². The maximum atomic E-state index is 9.92. The molecular weight excluding hydrogens is 220 g/mol. The number of thiophene rings is 1. The van der Waals surface area contributed by atoms with E-state index in [0.717, 1.165) is 32.3 Å². The molecule has 0 saturated carbocycles. The fourth-order valence-electron chi connectivity index (χ4n) is 2.18. The van der Waals surface area contributed by atoms with E-state index in [1.807, 2.05) is 0 Å². The molecule has 1 aromatic rings. The minimum atomic E-state index is -0.206. The van der Waals surface area contributed by atoms with Crippen molar-refractivity contribution in [2.24, 2.45) is 0 Å². The second-order valence-electron chi connectivity index (χ2n) is 4.55. The summed E-state index contributed by atoms with van der Waals surface area (Å²) < 4.78 is 5.63. The largest absolute Gasteiger partial charge is 0.393 e. The number of aryl methyl sites for hydroxylation is 1. The Kier molecular flexibility index (Phi) is 4.82. The van der Waals surface area contributed by atoms with E-state index in [1.54, 1.807) is 11.3 Å². The first-order valence-electron chi connectivity index (χ1n) is 6.15. The molecule has 2 atom stereocenters. The van der Waals surface area contributed by atoms with Crippen molar-refractivity contribution in [3.63, 3.8) is 0 Å². The van der Waals surface area contributed by atoms with E-state index in [-0.39, 0.29) is 6.10 Å². The molecule has 1 aliphatic rings. The van der Waals surface area contributed by atoms with Gasteiger partial charge in [-0.05, 0) is 60.9 Å². The highest BCUT2D eigenvalue weighted by Crippen LogP contribution is 2.19. The lowest BCUT2D eigenvalue weighted by molar-refractivity contribution is -0.0162. The highest BCUT2D eigenvalue weighted by molar-refractivity contribution is 7.07. The summed E-state index contributed by atoms with van der Waals surface area (Å²) in [6, 6.07) is 2.13. The first-order valence-corrected chi connectivity index (χ1v) is 7.09. The summed E-state index contributed by atoms with van der Waals surface area (Å²) in [7, 11) is 0. The zero-order chi connectivity index (χ0) is 11.2. The Labute approximate surface area is 101 Å². The lowest BCUT2D eigenvalue weighted by Crippen LogP contribution is -2.24. The van der Waals surface area contributed by atoms with Crippen molar-refractivity contribution >= 4 is 11.3 Å². The Morgan fingerprint density at radius 2 is 2.44 bits per heavy atom. The molecule has 0 spiro atoms. The van der Waals surface area contributed by atoms with Crippen molar-refractivity contribution in [2.75, 3.05) is 6.61 Å². The van der Waals surface area contributed by atoms with Crippen LogP contribution in [0, 0.1) is 0 Å². The third kappa shape index (κ3) is 3.89. The standard InChI is InChI=1S/C13H20O2S/c14-12(5-4-11-6-8-16-10-11)9-13-3-1-2-7-15-13/h6,8,10,12-14H,1-5,7,9H2. The van der Waals surface area contributed by atoms with Crippen molar-refractivity contribution in [3.8, 4) is 0 Å².